The molecule has 4 aliphatic rings. The molecule has 4 heteroatoms. The summed E-state index contributed by atoms with van der Waals surface area (Å²) in [5.74, 6) is 1.40. The van der Waals surface area contributed by atoms with Gasteiger partial charge in [0.25, 0.3) is 0 Å². The first-order valence-corrected chi connectivity index (χ1v) is 7.72. The Morgan fingerprint density at radius 3 is 2.26 bits per heavy atom. The zero-order valence-electron chi connectivity index (χ0n) is 11.1. The Labute approximate surface area is 113 Å². The van der Waals surface area contributed by atoms with Gasteiger partial charge in [-0.1, -0.05) is 12.8 Å². The quantitative estimate of drug-likeness (QED) is 0.825. The number of carbonyl (C=O) groups is 2. The van der Waals surface area contributed by atoms with Crippen LogP contribution in [0.15, 0.2) is 0 Å². The van der Waals surface area contributed by atoms with Gasteiger partial charge in [-0.25, -0.2) is 4.79 Å². The Hall–Kier alpha value is -1.06. The third-order valence-electron chi connectivity index (χ3n) is 6.12. The van der Waals surface area contributed by atoms with Crippen LogP contribution in [-0.2, 0) is 9.59 Å². The van der Waals surface area contributed by atoms with Crippen LogP contribution in [0.5, 0.6) is 0 Å². The fourth-order valence-electron chi connectivity index (χ4n) is 5.23. The standard InChI is InChI=1S/C15H21NO3/c17-14(12-10-5-2-6-11(10)12)16-7-8-3-1-4-9(8)13(16)15(18)19/h8-13H,1-7H2,(H,18,19). The molecule has 1 amide bonds. The van der Waals surface area contributed by atoms with Crippen LogP contribution in [0.4, 0.5) is 0 Å². The molecule has 4 fully saturated rings. The number of fused-ring (bicyclic) bond motifs is 2. The van der Waals surface area contributed by atoms with Crippen LogP contribution < -0.4 is 0 Å². The van der Waals surface area contributed by atoms with Gasteiger partial charge in [0.2, 0.25) is 5.91 Å². The molecule has 0 bridgehead atoms. The molecular formula is C15H21NO3. The first-order chi connectivity index (χ1) is 9.18. The Balaban J connectivity index is 1.54. The molecule has 1 aliphatic heterocycles. The van der Waals surface area contributed by atoms with Crippen molar-refractivity contribution in [2.24, 2.45) is 29.6 Å². The lowest BCUT2D eigenvalue weighted by Crippen LogP contribution is -2.44. The highest BCUT2D eigenvalue weighted by Crippen LogP contribution is 2.59. The van der Waals surface area contributed by atoms with E-state index < -0.39 is 12.0 Å². The summed E-state index contributed by atoms with van der Waals surface area (Å²) in [6, 6.07) is -0.527. The van der Waals surface area contributed by atoms with Gasteiger partial charge in [-0.15, -0.1) is 0 Å². The predicted molar refractivity (Wildman–Crippen MR) is 68.3 cm³/mol. The third-order valence-corrected chi connectivity index (χ3v) is 6.12. The number of hydrogen-bond acceptors (Lipinski definition) is 2. The zero-order chi connectivity index (χ0) is 13.1. The molecule has 0 spiro atoms. The molecule has 1 saturated heterocycles. The number of likely N-dealkylation sites (tertiary alicyclic amines) is 1. The van der Waals surface area contributed by atoms with E-state index in [4.69, 9.17) is 0 Å². The second-order valence-corrected chi connectivity index (χ2v) is 6.91. The summed E-state index contributed by atoms with van der Waals surface area (Å²) in [5.41, 5.74) is 0. The fraction of sp³-hybridized carbons (Fsp3) is 0.867. The normalized spacial score (nSPS) is 47.1. The summed E-state index contributed by atoms with van der Waals surface area (Å²) in [7, 11) is 0. The Kier molecular flexibility index (Phi) is 2.45. The van der Waals surface area contributed by atoms with E-state index in [0.29, 0.717) is 24.3 Å². The van der Waals surface area contributed by atoms with Crippen molar-refractivity contribution in [3.05, 3.63) is 0 Å². The van der Waals surface area contributed by atoms with Crippen LogP contribution >= 0.6 is 0 Å². The van der Waals surface area contributed by atoms with Crippen molar-refractivity contribution in [2.75, 3.05) is 6.54 Å². The van der Waals surface area contributed by atoms with Gasteiger partial charge >= 0.3 is 5.97 Å². The van der Waals surface area contributed by atoms with Crippen LogP contribution in [0.25, 0.3) is 0 Å². The molecule has 0 aromatic carbocycles. The molecular weight excluding hydrogens is 242 g/mol. The minimum atomic E-state index is -0.784. The Bertz CT molecular complexity index is 425. The number of nitrogens with zero attached hydrogens (tertiary/aromatic N) is 1. The van der Waals surface area contributed by atoms with Crippen molar-refractivity contribution in [3.63, 3.8) is 0 Å². The van der Waals surface area contributed by atoms with Gasteiger partial charge in [-0.05, 0) is 49.4 Å². The number of aliphatic carboxylic acids is 1. The van der Waals surface area contributed by atoms with Crippen molar-refractivity contribution in [2.45, 2.75) is 44.6 Å². The summed E-state index contributed by atoms with van der Waals surface area (Å²) >= 11 is 0. The molecule has 1 N–H and O–H groups in total. The summed E-state index contributed by atoms with van der Waals surface area (Å²) in [6.07, 6.45) is 6.85. The van der Waals surface area contributed by atoms with Crippen LogP contribution in [0, 0.1) is 29.6 Å². The van der Waals surface area contributed by atoms with Crippen LogP contribution in [0.3, 0.4) is 0 Å². The van der Waals surface area contributed by atoms with Crippen LogP contribution in [0.2, 0.25) is 0 Å². The highest BCUT2D eigenvalue weighted by Gasteiger charge is 2.60. The number of rotatable bonds is 2. The number of amides is 1. The minimum Gasteiger partial charge on any atom is -0.480 e. The van der Waals surface area contributed by atoms with Crippen LogP contribution in [0.1, 0.15) is 38.5 Å². The highest BCUT2D eigenvalue weighted by atomic mass is 16.4. The van der Waals surface area contributed by atoms with E-state index in [9.17, 15) is 14.7 Å². The van der Waals surface area contributed by atoms with Gasteiger partial charge in [-0.2, -0.15) is 0 Å². The summed E-state index contributed by atoms with van der Waals surface area (Å²) < 4.78 is 0. The fourth-order valence-corrected chi connectivity index (χ4v) is 5.23. The van der Waals surface area contributed by atoms with Crippen LogP contribution in [-0.4, -0.2) is 34.5 Å². The number of carboxylic acid groups (broad SMARTS) is 1. The van der Waals surface area contributed by atoms with Gasteiger partial charge in [0.05, 0.1) is 0 Å². The predicted octanol–water partition coefficient (Wildman–Crippen LogP) is 1.74. The summed E-state index contributed by atoms with van der Waals surface area (Å²) in [4.78, 5) is 25.9. The third kappa shape index (κ3) is 1.58. The molecule has 3 aliphatic carbocycles. The molecule has 4 rings (SSSR count). The lowest BCUT2D eigenvalue weighted by atomic mass is 9.94. The summed E-state index contributed by atoms with van der Waals surface area (Å²) in [6.45, 7) is 0.705. The average molecular weight is 263 g/mol. The molecule has 104 valence electrons. The van der Waals surface area contributed by atoms with Crippen molar-refractivity contribution in [3.8, 4) is 0 Å². The first kappa shape index (κ1) is 11.7. The maximum absolute atomic E-state index is 12.6. The second kappa shape index (κ2) is 3.97. The van der Waals surface area contributed by atoms with Gasteiger partial charge in [0.1, 0.15) is 6.04 Å². The molecule has 1 heterocycles. The number of carboxylic acids is 1. The van der Waals surface area contributed by atoms with E-state index in [2.05, 4.69) is 0 Å². The van der Waals surface area contributed by atoms with Gasteiger partial charge in [-0.3, -0.25) is 4.79 Å². The average Bonchev–Trinajstić information content (AvgIpc) is 2.83. The maximum atomic E-state index is 12.6. The van der Waals surface area contributed by atoms with E-state index in [1.54, 1.807) is 4.90 Å². The van der Waals surface area contributed by atoms with Crippen molar-refractivity contribution in [1.29, 1.82) is 0 Å². The highest BCUT2D eigenvalue weighted by molar-refractivity contribution is 5.88. The van der Waals surface area contributed by atoms with Gasteiger partial charge < -0.3 is 10.0 Å². The molecule has 5 unspecified atom stereocenters. The van der Waals surface area contributed by atoms with Gasteiger partial charge in [0, 0.05) is 12.5 Å². The zero-order valence-corrected chi connectivity index (χ0v) is 11.1. The lowest BCUT2D eigenvalue weighted by Gasteiger charge is -2.25. The van der Waals surface area contributed by atoms with E-state index in [-0.39, 0.29) is 17.7 Å². The topological polar surface area (TPSA) is 57.6 Å². The molecule has 4 nitrogen and oxygen atoms in total. The number of hydrogen-bond donors (Lipinski definition) is 1. The largest absolute Gasteiger partial charge is 0.480 e. The van der Waals surface area contributed by atoms with E-state index in [0.717, 1.165) is 19.3 Å². The monoisotopic (exact) mass is 263 g/mol. The van der Waals surface area contributed by atoms with Gasteiger partial charge in [0.15, 0.2) is 0 Å². The summed E-state index contributed by atoms with van der Waals surface area (Å²) in [5, 5.41) is 9.49. The number of carbonyl (C=O) groups excluding carboxylic acids is 1. The van der Waals surface area contributed by atoms with Crippen molar-refractivity contribution < 1.29 is 14.7 Å². The maximum Gasteiger partial charge on any atom is 0.326 e. The molecule has 0 aromatic heterocycles. The lowest BCUT2D eigenvalue weighted by molar-refractivity contribution is -0.150. The van der Waals surface area contributed by atoms with Crippen molar-refractivity contribution >= 4 is 11.9 Å². The molecule has 3 saturated carbocycles. The smallest absolute Gasteiger partial charge is 0.326 e. The minimum absolute atomic E-state index is 0.163. The first-order valence-electron chi connectivity index (χ1n) is 7.72. The SMILES string of the molecule is O=C(O)C1C2CCCC2CN1C(=O)C1C2CCCC21. The Morgan fingerprint density at radius 2 is 1.58 bits per heavy atom. The van der Waals surface area contributed by atoms with E-state index >= 15 is 0 Å². The molecule has 0 radical (unpaired) electrons. The van der Waals surface area contributed by atoms with Crippen molar-refractivity contribution in [1.82, 2.24) is 4.90 Å². The second-order valence-electron chi connectivity index (χ2n) is 6.91. The molecule has 19 heavy (non-hydrogen) atoms. The molecule has 5 atom stereocenters. The Morgan fingerprint density at radius 1 is 0.947 bits per heavy atom. The van der Waals surface area contributed by atoms with E-state index in [1.807, 2.05) is 0 Å². The van der Waals surface area contributed by atoms with E-state index in [1.165, 1.54) is 19.3 Å². The molecule has 0 aromatic rings.